The van der Waals surface area contributed by atoms with Crippen LogP contribution in [0.2, 0.25) is 5.02 Å². The molecule has 3 nitrogen and oxygen atoms in total. The summed E-state index contributed by atoms with van der Waals surface area (Å²) in [5, 5.41) is 3.26. The van der Waals surface area contributed by atoms with Gasteiger partial charge in [0.15, 0.2) is 0 Å². The molecule has 1 aromatic rings. The molecule has 0 aliphatic carbocycles. The van der Waals surface area contributed by atoms with Crippen LogP contribution in [0.5, 0.6) is 0 Å². The molecule has 7 heteroatoms. The van der Waals surface area contributed by atoms with Gasteiger partial charge in [0.2, 0.25) is 0 Å². The Balaban J connectivity index is 1.73. The quantitative estimate of drug-likeness (QED) is 0.899. The summed E-state index contributed by atoms with van der Waals surface area (Å²) in [5.41, 5.74) is -0.816. The molecule has 1 aromatic heterocycles. The van der Waals surface area contributed by atoms with Crippen molar-refractivity contribution in [3.05, 3.63) is 22.8 Å². The number of halogens is 4. The van der Waals surface area contributed by atoms with E-state index >= 15 is 0 Å². The number of rotatable bonds is 2. The fraction of sp³-hybridized carbons (Fsp3) is 0.643. The number of aromatic nitrogens is 1. The molecule has 2 aliphatic heterocycles. The van der Waals surface area contributed by atoms with Crippen molar-refractivity contribution in [1.82, 2.24) is 9.88 Å². The Kier molecular flexibility index (Phi) is 4.01. The number of nitrogens with zero attached hydrogens (tertiary/aromatic N) is 2. The van der Waals surface area contributed by atoms with Gasteiger partial charge in [-0.25, -0.2) is 4.98 Å². The fourth-order valence-corrected chi connectivity index (χ4v) is 3.51. The first-order chi connectivity index (χ1) is 9.95. The Hall–Kier alpha value is -1.01. The third kappa shape index (κ3) is 3.11. The summed E-state index contributed by atoms with van der Waals surface area (Å²) in [6, 6.07) is 1.59. The number of nitrogens with one attached hydrogen (secondary N) is 1. The van der Waals surface area contributed by atoms with E-state index in [2.05, 4.69) is 15.2 Å². The fourth-order valence-electron chi connectivity index (χ4n) is 3.29. The molecule has 2 saturated heterocycles. The van der Waals surface area contributed by atoms with E-state index in [0.29, 0.717) is 11.9 Å². The molecular formula is C14H17ClF3N3. The lowest BCUT2D eigenvalue weighted by Crippen LogP contribution is -2.41. The number of anilines is 1. The second kappa shape index (κ2) is 5.65. The van der Waals surface area contributed by atoms with Gasteiger partial charge < -0.3 is 5.32 Å². The maximum absolute atomic E-state index is 12.6. The number of fused-ring (bicyclic) bond motifs is 1. The van der Waals surface area contributed by atoms with Gasteiger partial charge in [-0.2, -0.15) is 13.2 Å². The monoisotopic (exact) mass is 319 g/mol. The van der Waals surface area contributed by atoms with Crippen LogP contribution >= 0.6 is 11.6 Å². The Labute approximate surface area is 126 Å². The standard InChI is InChI=1S/C14H17ClF3N3/c15-10-7-9(14(16,17)18)8-19-13(10)20-11-4-6-21-5-2-1-3-12(11)21/h7-8,11-12H,1-6H2,(H,19,20)/t11-,12-/m1/s1. The first-order valence-electron chi connectivity index (χ1n) is 7.18. The molecular weight excluding hydrogens is 303 g/mol. The number of pyridine rings is 1. The van der Waals surface area contributed by atoms with Crippen molar-refractivity contribution < 1.29 is 13.2 Å². The molecule has 0 saturated carbocycles. The minimum Gasteiger partial charge on any atom is -0.364 e. The number of hydrogen-bond acceptors (Lipinski definition) is 3. The Bertz CT molecular complexity index is 521. The van der Waals surface area contributed by atoms with Gasteiger partial charge in [0.1, 0.15) is 5.82 Å². The van der Waals surface area contributed by atoms with Crippen LogP contribution in [0.3, 0.4) is 0 Å². The van der Waals surface area contributed by atoms with E-state index in [1.165, 1.54) is 12.8 Å². The van der Waals surface area contributed by atoms with E-state index in [9.17, 15) is 13.2 Å². The maximum Gasteiger partial charge on any atom is 0.417 e. The highest BCUT2D eigenvalue weighted by Gasteiger charge is 2.36. The first kappa shape index (κ1) is 14.9. The Morgan fingerprint density at radius 1 is 1.24 bits per heavy atom. The van der Waals surface area contributed by atoms with E-state index < -0.39 is 11.7 Å². The molecule has 0 aromatic carbocycles. The van der Waals surface area contributed by atoms with Gasteiger partial charge in [-0.15, -0.1) is 0 Å². The van der Waals surface area contributed by atoms with Crippen molar-refractivity contribution in [3.63, 3.8) is 0 Å². The summed E-state index contributed by atoms with van der Waals surface area (Å²) in [7, 11) is 0. The van der Waals surface area contributed by atoms with Gasteiger partial charge >= 0.3 is 6.18 Å². The van der Waals surface area contributed by atoms with Crippen molar-refractivity contribution in [2.75, 3.05) is 18.4 Å². The molecule has 3 rings (SSSR count). The van der Waals surface area contributed by atoms with Crippen LogP contribution < -0.4 is 5.32 Å². The van der Waals surface area contributed by atoms with E-state index in [1.807, 2.05) is 0 Å². The summed E-state index contributed by atoms with van der Waals surface area (Å²) < 4.78 is 37.8. The van der Waals surface area contributed by atoms with Gasteiger partial charge in [-0.3, -0.25) is 4.90 Å². The molecule has 0 radical (unpaired) electrons. The molecule has 2 aliphatic rings. The molecule has 3 heterocycles. The molecule has 0 amide bonds. The second-order valence-electron chi connectivity index (χ2n) is 5.69. The summed E-state index contributed by atoms with van der Waals surface area (Å²) in [6.07, 6.45) is 0.945. The van der Waals surface area contributed by atoms with Crippen LogP contribution in [0.15, 0.2) is 12.3 Å². The molecule has 2 atom stereocenters. The van der Waals surface area contributed by atoms with E-state index in [1.54, 1.807) is 0 Å². The third-order valence-electron chi connectivity index (χ3n) is 4.35. The van der Waals surface area contributed by atoms with Crippen LogP contribution in [-0.4, -0.2) is 35.1 Å². The first-order valence-corrected chi connectivity index (χ1v) is 7.56. The molecule has 0 spiro atoms. The average molecular weight is 320 g/mol. The molecule has 116 valence electrons. The molecule has 0 unspecified atom stereocenters. The zero-order chi connectivity index (χ0) is 15.0. The average Bonchev–Trinajstić information content (AvgIpc) is 2.83. The van der Waals surface area contributed by atoms with Gasteiger partial charge in [-0.05, 0) is 31.9 Å². The number of alkyl halides is 3. The lowest BCUT2D eigenvalue weighted by Gasteiger charge is -2.32. The van der Waals surface area contributed by atoms with Crippen LogP contribution in [-0.2, 0) is 6.18 Å². The van der Waals surface area contributed by atoms with Crippen LogP contribution in [0.4, 0.5) is 19.0 Å². The zero-order valence-corrected chi connectivity index (χ0v) is 12.2. The topological polar surface area (TPSA) is 28.2 Å². The van der Waals surface area contributed by atoms with E-state index in [0.717, 1.165) is 38.2 Å². The normalized spacial score (nSPS) is 26.7. The summed E-state index contributed by atoms with van der Waals surface area (Å²) in [4.78, 5) is 6.31. The highest BCUT2D eigenvalue weighted by molar-refractivity contribution is 6.33. The van der Waals surface area contributed by atoms with Crippen LogP contribution in [0.1, 0.15) is 31.2 Å². The van der Waals surface area contributed by atoms with Gasteiger partial charge in [0.25, 0.3) is 0 Å². The summed E-state index contributed by atoms with van der Waals surface area (Å²) >= 11 is 5.95. The number of hydrogen-bond donors (Lipinski definition) is 1. The predicted molar refractivity (Wildman–Crippen MR) is 75.5 cm³/mol. The van der Waals surface area contributed by atoms with E-state index in [4.69, 9.17) is 11.6 Å². The van der Waals surface area contributed by atoms with E-state index in [-0.39, 0.29) is 11.1 Å². The molecule has 1 N–H and O–H groups in total. The number of piperidine rings is 1. The molecule has 0 bridgehead atoms. The third-order valence-corrected chi connectivity index (χ3v) is 4.63. The zero-order valence-electron chi connectivity index (χ0n) is 11.5. The molecule has 21 heavy (non-hydrogen) atoms. The lowest BCUT2D eigenvalue weighted by atomic mass is 9.99. The van der Waals surface area contributed by atoms with Crippen LogP contribution in [0.25, 0.3) is 0 Å². The lowest BCUT2D eigenvalue weighted by molar-refractivity contribution is -0.137. The summed E-state index contributed by atoms with van der Waals surface area (Å²) in [6.45, 7) is 2.14. The maximum atomic E-state index is 12.6. The SMILES string of the molecule is FC(F)(F)c1cnc(N[C@@H]2CCN3CCCC[C@H]23)c(Cl)c1. The summed E-state index contributed by atoms with van der Waals surface area (Å²) in [5.74, 6) is 0.349. The Morgan fingerprint density at radius 2 is 2.05 bits per heavy atom. The minimum absolute atomic E-state index is 0.0269. The van der Waals surface area contributed by atoms with Crippen molar-refractivity contribution in [2.24, 2.45) is 0 Å². The van der Waals surface area contributed by atoms with Gasteiger partial charge in [0.05, 0.1) is 10.6 Å². The largest absolute Gasteiger partial charge is 0.417 e. The second-order valence-corrected chi connectivity index (χ2v) is 6.10. The highest BCUT2D eigenvalue weighted by Crippen LogP contribution is 2.34. The van der Waals surface area contributed by atoms with Gasteiger partial charge in [0, 0.05) is 24.8 Å². The van der Waals surface area contributed by atoms with Crippen molar-refractivity contribution in [1.29, 1.82) is 0 Å². The Morgan fingerprint density at radius 3 is 2.76 bits per heavy atom. The minimum atomic E-state index is -4.41. The van der Waals surface area contributed by atoms with Crippen molar-refractivity contribution in [3.8, 4) is 0 Å². The molecule has 2 fully saturated rings. The predicted octanol–water partition coefficient (Wildman–Crippen LogP) is 3.79. The van der Waals surface area contributed by atoms with Gasteiger partial charge in [-0.1, -0.05) is 18.0 Å². The van der Waals surface area contributed by atoms with Crippen molar-refractivity contribution in [2.45, 2.75) is 43.9 Å². The smallest absolute Gasteiger partial charge is 0.364 e. The van der Waals surface area contributed by atoms with Crippen LogP contribution in [0, 0.1) is 0 Å². The highest BCUT2D eigenvalue weighted by atomic mass is 35.5. The van der Waals surface area contributed by atoms with Crippen molar-refractivity contribution >= 4 is 17.4 Å².